The highest BCUT2D eigenvalue weighted by Gasteiger charge is 2.45. The van der Waals surface area contributed by atoms with E-state index in [0.717, 1.165) is 41.3 Å². The summed E-state index contributed by atoms with van der Waals surface area (Å²) in [7, 11) is 3.35. The average Bonchev–Trinajstić information content (AvgIpc) is 3.72. The van der Waals surface area contributed by atoms with Crippen LogP contribution < -0.4 is 15.2 Å². The minimum atomic E-state index is -0.976. The van der Waals surface area contributed by atoms with Gasteiger partial charge in [-0.05, 0) is 46.5 Å². The summed E-state index contributed by atoms with van der Waals surface area (Å²) in [5.74, 6) is 1.90. The lowest BCUT2D eigenvalue weighted by Crippen LogP contribution is -2.40. The second kappa shape index (κ2) is 12.6. The van der Waals surface area contributed by atoms with Gasteiger partial charge in [-0.2, -0.15) is 0 Å². The SMILES string of the molecule is COc1ccc(C(O[C@@H]2CN(Cc3ccccc3)C[C@H]2n2cnc3c(N)ncnc32)(c2ccccc2)c2ccc(OC)cc2)cc1. The molecule has 0 unspecified atom stereocenters. The summed E-state index contributed by atoms with van der Waals surface area (Å²) in [5.41, 5.74) is 10.7. The Labute approximate surface area is 268 Å². The minimum Gasteiger partial charge on any atom is -0.497 e. The first-order valence-corrected chi connectivity index (χ1v) is 15.3. The van der Waals surface area contributed by atoms with Crippen molar-refractivity contribution >= 4 is 17.0 Å². The monoisotopic (exact) mass is 612 g/mol. The van der Waals surface area contributed by atoms with Crippen molar-refractivity contribution in [2.24, 2.45) is 0 Å². The smallest absolute Gasteiger partial charge is 0.165 e. The maximum atomic E-state index is 7.64. The van der Waals surface area contributed by atoms with E-state index in [2.05, 4.69) is 97.2 Å². The van der Waals surface area contributed by atoms with Crippen LogP contribution in [0.4, 0.5) is 5.82 Å². The zero-order chi connectivity index (χ0) is 31.5. The third-order valence-corrected chi connectivity index (χ3v) is 8.81. The van der Waals surface area contributed by atoms with Crippen molar-refractivity contribution in [3.05, 3.63) is 144 Å². The molecule has 9 heteroatoms. The Kier molecular flexibility index (Phi) is 8.09. The molecule has 0 amide bonds. The van der Waals surface area contributed by atoms with Gasteiger partial charge in [-0.1, -0.05) is 84.9 Å². The number of hydrogen-bond donors (Lipinski definition) is 1. The lowest BCUT2D eigenvalue weighted by Gasteiger charge is -2.39. The van der Waals surface area contributed by atoms with Crippen LogP contribution in [0.2, 0.25) is 0 Å². The standard InChI is InChI=1S/C37H36N6O3/c1-44-30-17-13-28(14-18-30)37(27-11-7-4-8-12-27,29-15-19-31(45-2)20-16-29)46-33-23-42(21-26-9-5-3-6-10-26)22-32(33)43-25-41-34-35(38)39-24-40-36(34)43/h3-20,24-25,32-33H,21-23H2,1-2H3,(H2,38,39,40)/t32-,33-/m1/s1. The molecule has 2 aromatic heterocycles. The van der Waals surface area contributed by atoms with Gasteiger partial charge in [0.25, 0.3) is 0 Å². The van der Waals surface area contributed by atoms with E-state index in [1.165, 1.54) is 11.9 Å². The van der Waals surface area contributed by atoms with Crippen LogP contribution in [-0.2, 0) is 16.9 Å². The zero-order valence-corrected chi connectivity index (χ0v) is 25.9. The van der Waals surface area contributed by atoms with Crippen LogP contribution in [0.25, 0.3) is 11.2 Å². The molecule has 2 atom stereocenters. The summed E-state index contributed by atoms with van der Waals surface area (Å²) in [5, 5.41) is 0. The maximum Gasteiger partial charge on any atom is 0.165 e. The van der Waals surface area contributed by atoms with Crippen molar-refractivity contribution in [2.45, 2.75) is 24.3 Å². The molecule has 0 radical (unpaired) electrons. The molecule has 1 aliphatic rings. The van der Waals surface area contributed by atoms with E-state index in [1.54, 1.807) is 14.2 Å². The normalized spacial score (nSPS) is 16.9. The van der Waals surface area contributed by atoms with Gasteiger partial charge >= 0.3 is 0 Å². The Morgan fingerprint density at radius 2 is 1.30 bits per heavy atom. The Morgan fingerprint density at radius 1 is 0.717 bits per heavy atom. The first-order valence-electron chi connectivity index (χ1n) is 15.3. The second-order valence-electron chi connectivity index (χ2n) is 11.5. The summed E-state index contributed by atoms with van der Waals surface area (Å²) in [6.45, 7) is 2.19. The number of imidazole rings is 1. The van der Waals surface area contributed by atoms with E-state index >= 15 is 0 Å². The topological polar surface area (TPSA) is 101 Å². The molecule has 0 aliphatic carbocycles. The third-order valence-electron chi connectivity index (χ3n) is 8.81. The fourth-order valence-electron chi connectivity index (χ4n) is 6.55. The molecule has 1 fully saturated rings. The van der Waals surface area contributed by atoms with Gasteiger partial charge in [-0.15, -0.1) is 0 Å². The number of anilines is 1. The number of benzene rings is 4. The van der Waals surface area contributed by atoms with Gasteiger partial charge in [0.1, 0.15) is 28.9 Å². The first-order chi connectivity index (χ1) is 22.6. The van der Waals surface area contributed by atoms with E-state index < -0.39 is 5.60 Å². The molecule has 46 heavy (non-hydrogen) atoms. The van der Waals surface area contributed by atoms with Crippen LogP contribution in [0.1, 0.15) is 28.3 Å². The Bertz CT molecular complexity index is 1850. The number of nitrogens with two attached hydrogens (primary N) is 1. The molecule has 1 aliphatic heterocycles. The molecule has 1 saturated heterocycles. The van der Waals surface area contributed by atoms with Crippen LogP contribution in [0, 0.1) is 0 Å². The van der Waals surface area contributed by atoms with Crippen LogP contribution in [-0.4, -0.2) is 57.8 Å². The number of hydrogen-bond acceptors (Lipinski definition) is 8. The van der Waals surface area contributed by atoms with E-state index in [-0.39, 0.29) is 12.1 Å². The average molecular weight is 613 g/mol. The number of methoxy groups -OCH3 is 2. The lowest BCUT2D eigenvalue weighted by atomic mass is 9.79. The molecule has 9 nitrogen and oxygen atoms in total. The number of nitrogen functional groups attached to an aromatic ring is 1. The van der Waals surface area contributed by atoms with Gasteiger partial charge in [-0.3, -0.25) is 4.90 Å². The van der Waals surface area contributed by atoms with Crippen molar-refractivity contribution in [2.75, 3.05) is 33.0 Å². The molecular weight excluding hydrogens is 576 g/mol. The van der Waals surface area contributed by atoms with Crippen LogP contribution in [0.15, 0.2) is 122 Å². The predicted molar refractivity (Wildman–Crippen MR) is 178 cm³/mol. The first kappa shape index (κ1) is 29.5. The Morgan fingerprint density at radius 3 is 1.91 bits per heavy atom. The highest BCUT2D eigenvalue weighted by atomic mass is 16.5. The van der Waals surface area contributed by atoms with Crippen molar-refractivity contribution in [3.8, 4) is 11.5 Å². The van der Waals surface area contributed by atoms with Gasteiger partial charge in [-0.25, -0.2) is 15.0 Å². The Balaban J connectivity index is 1.39. The molecule has 7 rings (SSSR count). The quantitative estimate of drug-likeness (QED) is 0.192. The second-order valence-corrected chi connectivity index (χ2v) is 11.5. The van der Waals surface area contributed by atoms with Crippen LogP contribution >= 0.6 is 0 Å². The molecule has 232 valence electrons. The largest absolute Gasteiger partial charge is 0.497 e. The van der Waals surface area contributed by atoms with Gasteiger partial charge < -0.3 is 24.5 Å². The number of fused-ring (bicyclic) bond motifs is 1. The summed E-state index contributed by atoms with van der Waals surface area (Å²) in [6, 6.07) is 37.1. The van der Waals surface area contributed by atoms with Crippen molar-refractivity contribution in [1.82, 2.24) is 24.4 Å². The molecular formula is C37H36N6O3. The fraction of sp³-hybridized carbons (Fsp3) is 0.216. The molecule has 0 saturated carbocycles. The molecule has 0 bridgehead atoms. The van der Waals surface area contributed by atoms with E-state index in [9.17, 15) is 0 Å². The summed E-state index contributed by atoms with van der Waals surface area (Å²) < 4.78 is 20.8. The molecule has 2 N–H and O–H groups in total. The number of likely N-dealkylation sites (tertiary alicyclic amines) is 1. The lowest BCUT2D eigenvalue weighted by molar-refractivity contribution is -0.0564. The van der Waals surface area contributed by atoms with Gasteiger partial charge in [0, 0.05) is 19.6 Å². The van der Waals surface area contributed by atoms with Gasteiger partial charge in [0.2, 0.25) is 0 Å². The molecule has 6 aromatic rings. The molecule has 0 spiro atoms. The van der Waals surface area contributed by atoms with E-state index in [1.807, 2.05) is 42.7 Å². The van der Waals surface area contributed by atoms with E-state index in [4.69, 9.17) is 19.9 Å². The molecule has 4 aromatic carbocycles. The van der Waals surface area contributed by atoms with E-state index in [0.29, 0.717) is 23.5 Å². The summed E-state index contributed by atoms with van der Waals surface area (Å²) >= 11 is 0. The summed E-state index contributed by atoms with van der Waals surface area (Å²) in [6.07, 6.45) is 3.03. The highest BCUT2D eigenvalue weighted by molar-refractivity contribution is 5.81. The number of nitrogens with zero attached hydrogens (tertiary/aromatic N) is 5. The van der Waals surface area contributed by atoms with Crippen molar-refractivity contribution in [3.63, 3.8) is 0 Å². The third kappa shape index (κ3) is 5.44. The number of aromatic nitrogens is 4. The highest BCUT2D eigenvalue weighted by Crippen LogP contribution is 2.45. The maximum absolute atomic E-state index is 7.64. The number of rotatable bonds is 10. The van der Waals surface area contributed by atoms with Gasteiger partial charge in [0.15, 0.2) is 11.5 Å². The van der Waals surface area contributed by atoms with Crippen LogP contribution in [0.5, 0.6) is 11.5 Å². The molecule has 3 heterocycles. The minimum absolute atomic E-state index is 0.123. The Hall–Kier alpha value is -5.25. The van der Waals surface area contributed by atoms with Crippen LogP contribution in [0.3, 0.4) is 0 Å². The number of ether oxygens (including phenoxy) is 3. The van der Waals surface area contributed by atoms with Crippen molar-refractivity contribution < 1.29 is 14.2 Å². The fourth-order valence-corrected chi connectivity index (χ4v) is 6.55. The van der Waals surface area contributed by atoms with Crippen molar-refractivity contribution in [1.29, 1.82) is 0 Å². The summed E-state index contributed by atoms with van der Waals surface area (Å²) in [4.78, 5) is 15.8. The van der Waals surface area contributed by atoms with Gasteiger partial charge in [0.05, 0.1) is 32.7 Å². The predicted octanol–water partition coefficient (Wildman–Crippen LogP) is 5.86. The zero-order valence-electron chi connectivity index (χ0n) is 25.9.